The Bertz CT molecular complexity index is 339. The van der Waals surface area contributed by atoms with Gasteiger partial charge in [-0.3, -0.25) is 0 Å². The van der Waals surface area contributed by atoms with Gasteiger partial charge in [-0.1, -0.05) is 0 Å². The summed E-state index contributed by atoms with van der Waals surface area (Å²) in [4.78, 5) is 0. The molecule has 0 unspecified atom stereocenters. The van der Waals surface area contributed by atoms with Crippen LogP contribution in [0.5, 0.6) is 0 Å². The van der Waals surface area contributed by atoms with Gasteiger partial charge in [0.2, 0.25) is 0 Å². The third-order valence-corrected chi connectivity index (χ3v) is 3.25. The van der Waals surface area contributed by atoms with Crippen molar-refractivity contribution in [3.63, 3.8) is 0 Å². The molecule has 0 amide bonds. The minimum Gasteiger partial charge on any atom is -0.466 e. The van der Waals surface area contributed by atoms with Gasteiger partial charge in [-0.25, -0.2) is 0 Å². The number of nitrogens with one attached hydrogen (secondary N) is 1. The lowest BCUT2D eigenvalue weighted by molar-refractivity contribution is 0.207. The largest absolute Gasteiger partial charge is 0.466 e. The van der Waals surface area contributed by atoms with Gasteiger partial charge in [-0.2, -0.15) is 0 Å². The molecule has 15 heavy (non-hydrogen) atoms. The van der Waals surface area contributed by atoms with Gasteiger partial charge in [0.25, 0.3) is 0 Å². The molecule has 1 aromatic heterocycles. The van der Waals surface area contributed by atoms with E-state index >= 15 is 0 Å². The fourth-order valence-corrected chi connectivity index (χ4v) is 1.89. The maximum Gasteiger partial charge on any atom is 0.105 e. The monoisotopic (exact) mass is 209 g/mol. The Morgan fingerprint density at radius 2 is 2.20 bits per heavy atom. The van der Waals surface area contributed by atoms with Crippen LogP contribution >= 0.6 is 0 Å². The molecular formula is C12H19NO2. The Labute approximate surface area is 90.5 Å². The molecule has 2 rings (SSSR count). The maximum atomic E-state index is 9.15. The van der Waals surface area contributed by atoms with Crippen LogP contribution in [0.15, 0.2) is 10.5 Å². The fraction of sp³-hybridized carbons (Fsp3) is 0.667. The zero-order chi connectivity index (χ0) is 10.9. The van der Waals surface area contributed by atoms with Crippen LogP contribution in [-0.4, -0.2) is 18.3 Å². The van der Waals surface area contributed by atoms with Crippen LogP contribution in [0.3, 0.4) is 0 Å². The van der Waals surface area contributed by atoms with Crippen molar-refractivity contribution in [2.45, 2.75) is 33.2 Å². The molecule has 0 radical (unpaired) electrons. The number of hydrogen-bond acceptors (Lipinski definition) is 3. The Balaban J connectivity index is 1.81. The lowest BCUT2D eigenvalue weighted by Gasteiger charge is -2.12. The summed E-state index contributed by atoms with van der Waals surface area (Å²) in [5, 5.41) is 12.5. The molecule has 1 fully saturated rings. The number of furan rings is 1. The highest BCUT2D eigenvalue weighted by molar-refractivity contribution is 5.19. The summed E-state index contributed by atoms with van der Waals surface area (Å²) in [5.41, 5.74) is 1.41. The van der Waals surface area contributed by atoms with Crippen molar-refractivity contribution in [2.24, 2.45) is 5.41 Å². The van der Waals surface area contributed by atoms with E-state index < -0.39 is 0 Å². The topological polar surface area (TPSA) is 45.4 Å². The van der Waals surface area contributed by atoms with Gasteiger partial charge in [0.15, 0.2) is 0 Å². The fourth-order valence-electron chi connectivity index (χ4n) is 1.89. The smallest absolute Gasteiger partial charge is 0.105 e. The minimum atomic E-state index is 0.187. The molecule has 0 saturated heterocycles. The molecule has 2 N–H and O–H groups in total. The second-order valence-electron chi connectivity index (χ2n) is 4.70. The average Bonchev–Trinajstić information content (AvgIpc) is 2.90. The predicted octanol–water partition coefficient (Wildman–Crippen LogP) is 1.76. The van der Waals surface area contributed by atoms with Crippen LogP contribution < -0.4 is 5.32 Å². The molecular weight excluding hydrogens is 190 g/mol. The van der Waals surface area contributed by atoms with E-state index in [0.29, 0.717) is 6.61 Å². The minimum absolute atomic E-state index is 0.187. The van der Waals surface area contributed by atoms with E-state index in [1.807, 2.05) is 13.8 Å². The second kappa shape index (κ2) is 3.99. The normalized spacial score (nSPS) is 18.1. The van der Waals surface area contributed by atoms with Gasteiger partial charge in [0.1, 0.15) is 11.5 Å². The molecule has 3 heteroatoms. The van der Waals surface area contributed by atoms with Crippen LogP contribution in [0.25, 0.3) is 0 Å². The highest BCUT2D eigenvalue weighted by Crippen LogP contribution is 2.44. The highest BCUT2D eigenvalue weighted by atomic mass is 16.3. The molecule has 3 nitrogen and oxygen atoms in total. The number of rotatable bonds is 5. The Hall–Kier alpha value is -0.800. The number of hydrogen-bond donors (Lipinski definition) is 2. The second-order valence-corrected chi connectivity index (χ2v) is 4.70. The van der Waals surface area contributed by atoms with Crippen molar-refractivity contribution in [1.29, 1.82) is 0 Å². The lowest BCUT2D eigenvalue weighted by atomic mass is 10.1. The summed E-state index contributed by atoms with van der Waals surface area (Å²) in [7, 11) is 0. The van der Waals surface area contributed by atoms with Crippen molar-refractivity contribution in [3.8, 4) is 0 Å². The number of aryl methyl sites for hydroxylation is 2. The van der Waals surface area contributed by atoms with Crippen LogP contribution in [-0.2, 0) is 6.54 Å². The van der Waals surface area contributed by atoms with Gasteiger partial charge >= 0.3 is 0 Å². The first kappa shape index (κ1) is 10.7. The summed E-state index contributed by atoms with van der Waals surface area (Å²) in [5.74, 6) is 1.96. The maximum absolute atomic E-state index is 9.15. The molecule has 0 aromatic carbocycles. The zero-order valence-electron chi connectivity index (χ0n) is 9.47. The SMILES string of the molecule is Cc1cc(CNCC2(CO)CC2)c(C)o1. The predicted molar refractivity (Wildman–Crippen MR) is 58.6 cm³/mol. The number of aliphatic hydroxyl groups is 1. The third kappa shape index (κ3) is 2.41. The molecule has 0 aliphatic heterocycles. The van der Waals surface area contributed by atoms with Gasteiger partial charge < -0.3 is 14.8 Å². The van der Waals surface area contributed by atoms with E-state index in [4.69, 9.17) is 9.52 Å². The van der Waals surface area contributed by atoms with Crippen LogP contribution in [0.2, 0.25) is 0 Å². The number of aliphatic hydroxyl groups excluding tert-OH is 1. The molecule has 1 saturated carbocycles. The van der Waals surface area contributed by atoms with E-state index in [2.05, 4.69) is 11.4 Å². The van der Waals surface area contributed by atoms with E-state index in [1.165, 1.54) is 5.56 Å². The standard InChI is InChI=1S/C12H19NO2/c1-9-5-11(10(2)15-9)6-13-7-12(8-14)3-4-12/h5,13-14H,3-4,6-8H2,1-2H3. The van der Waals surface area contributed by atoms with Crippen LogP contribution in [0.1, 0.15) is 29.9 Å². The Morgan fingerprint density at radius 1 is 1.47 bits per heavy atom. The third-order valence-electron chi connectivity index (χ3n) is 3.25. The van der Waals surface area contributed by atoms with Crippen molar-refractivity contribution >= 4 is 0 Å². The van der Waals surface area contributed by atoms with E-state index in [0.717, 1.165) is 37.5 Å². The first-order chi connectivity index (χ1) is 7.15. The molecule has 0 spiro atoms. The molecule has 1 aliphatic rings. The van der Waals surface area contributed by atoms with Crippen LogP contribution in [0.4, 0.5) is 0 Å². The van der Waals surface area contributed by atoms with Crippen molar-refractivity contribution in [2.75, 3.05) is 13.2 Å². The zero-order valence-corrected chi connectivity index (χ0v) is 9.47. The van der Waals surface area contributed by atoms with Gasteiger partial charge in [-0.15, -0.1) is 0 Å². The first-order valence-electron chi connectivity index (χ1n) is 5.53. The Morgan fingerprint density at radius 3 is 2.67 bits per heavy atom. The van der Waals surface area contributed by atoms with E-state index in [1.54, 1.807) is 0 Å². The summed E-state index contributed by atoms with van der Waals surface area (Å²) in [6.45, 7) is 6.01. The van der Waals surface area contributed by atoms with Crippen molar-refractivity contribution < 1.29 is 9.52 Å². The molecule has 1 aromatic rings. The van der Waals surface area contributed by atoms with Gasteiger partial charge in [0, 0.05) is 30.7 Å². The Kier molecular flexibility index (Phi) is 2.85. The van der Waals surface area contributed by atoms with E-state index in [9.17, 15) is 0 Å². The molecule has 0 bridgehead atoms. The molecule has 84 valence electrons. The summed E-state index contributed by atoms with van der Waals surface area (Å²) >= 11 is 0. The van der Waals surface area contributed by atoms with Crippen molar-refractivity contribution in [1.82, 2.24) is 5.32 Å². The quantitative estimate of drug-likeness (QED) is 0.776. The summed E-state index contributed by atoms with van der Waals surface area (Å²) < 4.78 is 5.45. The molecule has 1 aliphatic carbocycles. The van der Waals surface area contributed by atoms with E-state index in [-0.39, 0.29) is 5.41 Å². The molecule has 1 heterocycles. The van der Waals surface area contributed by atoms with Crippen molar-refractivity contribution in [3.05, 3.63) is 23.2 Å². The molecule has 0 atom stereocenters. The van der Waals surface area contributed by atoms with Crippen LogP contribution in [0, 0.1) is 19.3 Å². The first-order valence-corrected chi connectivity index (χ1v) is 5.53. The summed E-state index contributed by atoms with van der Waals surface area (Å²) in [6.07, 6.45) is 2.31. The van der Waals surface area contributed by atoms with Gasteiger partial charge in [0.05, 0.1) is 0 Å². The summed E-state index contributed by atoms with van der Waals surface area (Å²) in [6, 6.07) is 2.07. The lowest BCUT2D eigenvalue weighted by Crippen LogP contribution is -2.26. The highest BCUT2D eigenvalue weighted by Gasteiger charge is 2.41. The average molecular weight is 209 g/mol. The van der Waals surface area contributed by atoms with Gasteiger partial charge in [-0.05, 0) is 32.8 Å².